The van der Waals surface area contributed by atoms with Gasteiger partial charge in [-0.15, -0.1) is 0 Å². The highest BCUT2D eigenvalue weighted by atomic mass is 16.6. The highest BCUT2D eigenvalue weighted by Crippen LogP contribution is 2.43. The van der Waals surface area contributed by atoms with Crippen LogP contribution in [0.3, 0.4) is 0 Å². The minimum absolute atomic E-state index is 0.0593. The molecule has 0 aromatic heterocycles. The van der Waals surface area contributed by atoms with E-state index in [0.29, 0.717) is 18.1 Å². The Morgan fingerprint density at radius 3 is 2.18 bits per heavy atom. The first-order valence-electron chi connectivity index (χ1n) is 6.91. The lowest BCUT2D eigenvalue weighted by atomic mass is 9.68. The van der Waals surface area contributed by atoms with E-state index in [9.17, 15) is 0 Å². The second-order valence-corrected chi connectivity index (χ2v) is 6.80. The van der Waals surface area contributed by atoms with Gasteiger partial charge in [0.1, 0.15) is 6.10 Å². The van der Waals surface area contributed by atoms with E-state index >= 15 is 0 Å². The summed E-state index contributed by atoms with van der Waals surface area (Å²) in [4.78, 5) is 0. The van der Waals surface area contributed by atoms with Crippen molar-refractivity contribution in [3.8, 4) is 0 Å². The fourth-order valence-electron chi connectivity index (χ4n) is 3.02. The molecule has 0 unspecified atom stereocenters. The Labute approximate surface area is 105 Å². The average Bonchev–Trinajstić information content (AvgIpc) is 2.23. The molecule has 0 spiro atoms. The van der Waals surface area contributed by atoms with Crippen LogP contribution in [0.4, 0.5) is 0 Å². The number of nitrogens with two attached hydrogens (primary N) is 1. The molecule has 17 heavy (non-hydrogen) atoms. The van der Waals surface area contributed by atoms with Gasteiger partial charge in [-0.3, -0.25) is 0 Å². The lowest BCUT2D eigenvalue weighted by molar-refractivity contribution is -0.202. The van der Waals surface area contributed by atoms with Crippen LogP contribution in [0.5, 0.6) is 0 Å². The fourth-order valence-corrected chi connectivity index (χ4v) is 3.02. The highest BCUT2D eigenvalue weighted by Gasteiger charge is 2.41. The third kappa shape index (κ3) is 3.01. The topological polar surface area (TPSA) is 44.5 Å². The van der Waals surface area contributed by atoms with Crippen molar-refractivity contribution in [2.24, 2.45) is 17.1 Å². The van der Waals surface area contributed by atoms with E-state index < -0.39 is 0 Å². The third-order valence-electron chi connectivity index (χ3n) is 4.52. The van der Waals surface area contributed by atoms with Gasteiger partial charge in [-0.1, -0.05) is 20.8 Å². The standard InChI is InChI=1S/C14H27NO2/c1-13(2,3)11-4-6-14(10-15,7-5-11)17-12-8-16-9-12/h11-12H,4-10,15H2,1-3H3. The molecule has 0 aromatic carbocycles. The highest BCUT2D eigenvalue weighted by molar-refractivity contribution is 4.92. The molecule has 1 saturated carbocycles. The van der Waals surface area contributed by atoms with Gasteiger partial charge in [-0.05, 0) is 37.0 Å². The quantitative estimate of drug-likeness (QED) is 0.825. The first kappa shape index (κ1) is 13.3. The summed E-state index contributed by atoms with van der Waals surface area (Å²) < 4.78 is 11.4. The van der Waals surface area contributed by atoms with Gasteiger partial charge in [-0.25, -0.2) is 0 Å². The van der Waals surface area contributed by atoms with Crippen LogP contribution >= 0.6 is 0 Å². The van der Waals surface area contributed by atoms with Crippen molar-refractivity contribution in [1.82, 2.24) is 0 Å². The van der Waals surface area contributed by atoms with Crippen molar-refractivity contribution >= 4 is 0 Å². The number of hydrogen-bond acceptors (Lipinski definition) is 3. The van der Waals surface area contributed by atoms with Crippen molar-refractivity contribution < 1.29 is 9.47 Å². The Balaban J connectivity index is 1.89. The molecule has 3 nitrogen and oxygen atoms in total. The lowest BCUT2D eigenvalue weighted by Gasteiger charge is -2.46. The Bertz CT molecular complexity index is 247. The molecule has 2 aliphatic rings. The molecular weight excluding hydrogens is 214 g/mol. The molecule has 100 valence electrons. The first-order chi connectivity index (χ1) is 7.95. The van der Waals surface area contributed by atoms with E-state index in [0.717, 1.165) is 32.0 Å². The van der Waals surface area contributed by atoms with Gasteiger partial charge in [0.05, 0.1) is 18.8 Å². The van der Waals surface area contributed by atoms with Gasteiger partial charge < -0.3 is 15.2 Å². The van der Waals surface area contributed by atoms with Crippen LogP contribution in [0.1, 0.15) is 46.5 Å². The average molecular weight is 241 g/mol. The number of hydrogen-bond donors (Lipinski definition) is 1. The second kappa shape index (κ2) is 4.87. The van der Waals surface area contributed by atoms with E-state index in [-0.39, 0.29) is 5.60 Å². The summed E-state index contributed by atoms with van der Waals surface area (Å²) in [6.45, 7) is 9.19. The number of ether oxygens (including phenoxy) is 2. The molecule has 0 aromatic rings. The minimum atomic E-state index is -0.0593. The molecule has 2 fully saturated rings. The fraction of sp³-hybridized carbons (Fsp3) is 1.00. The Hall–Kier alpha value is -0.120. The zero-order valence-corrected chi connectivity index (χ0v) is 11.5. The van der Waals surface area contributed by atoms with E-state index in [1.165, 1.54) is 12.8 Å². The van der Waals surface area contributed by atoms with Gasteiger partial charge in [0.25, 0.3) is 0 Å². The molecule has 3 heteroatoms. The van der Waals surface area contributed by atoms with Crippen molar-refractivity contribution in [2.45, 2.75) is 58.2 Å². The minimum Gasteiger partial charge on any atom is -0.376 e. The molecule has 1 aliphatic heterocycles. The summed E-state index contributed by atoms with van der Waals surface area (Å²) in [5.74, 6) is 0.809. The Morgan fingerprint density at radius 2 is 1.82 bits per heavy atom. The van der Waals surface area contributed by atoms with E-state index in [4.69, 9.17) is 15.2 Å². The second-order valence-electron chi connectivity index (χ2n) is 6.80. The molecule has 1 saturated heterocycles. The van der Waals surface area contributed by atoms with Crippen LogP contribution in [0.15, 0.2) is 0 Å². The third-order valence-corrected chi connectivity index (χ3v) is 4.52. The zero-order valence-electron chi connectivity index (χ0n) is 11.5. The van der Waals surface area contributed by atoms with E-state index in [1.54, 1.807) is 0 Å². The smallest absolute Gasteiger partial charge is 0.105 e. The van der Waals surface area contributed by atoms with Gasteiger partial charge >= 0.3 is 0 Å². The van der Waals surface area contributed by atoms with Crippen molar-refractivity contribution in [3.63, 3.8) is 0 Å². The molecule has 2 N–H and O–H groups in total. The molecule has 1 aliphatic carbocycles. The number of rotatable bonds is 3. The largest absolute Gasteiger partial charge is 0.376 e. The maximum Gasteiger partial charge on any atom is 0.105 e. The summed E-state index contributed by atoms with van der Waals surface area (Å²) in [5, 5.41) is 0. The summed E-state index contributed by atoms with van der Waals surface area (Å²) in [7, 11) is 0. The van der Waals surface area contributed by atoms with Crippen molar-refractivity contribution in [1.29, 1.82) is 0 Å². The zero-order chi connectivity index (χ0) is 12.5. The maximum absolute atomic E-state index is 6.18. The normalized spacial score (nSPS) is 35.6. The van der Waals surface area contributed by atoms with Crippen LogP contribution in [0.2, 0.25) is 0 Å². The Kier molecular flexibility index (Phi) is 3.81. The molecular formula is C14H27NO2. The molecule has 0 bridgehead atoms. The monoisotopic (exact) mass is 241 g/mol. The van der Waals surface area contributed by atoms with Crippen LogP contribution in [0, 0.1) is 11.3 Å². The summed E-state index contributed by atoms with van der Waals surface area (Å²) in [5.41, 5.74) is 6.31. The van der Waals surface area contributed by atoms with Crippen molar-refractivity contribution in [2.75, 3.05) is 19.8 Å². The van der Waals surface area contributed by atoms with Crippen molar-refractivity contribution in [3.05, 3.63) is 0 Å². The summed E-state index contributed by atoms with van der Waals surface area (Å²) in [6.07, 6.45) is 5.01. The predicted molar refractivity (Wildman–Crippen MR) is 68.9 cm³/mol. The molecule has 2 rings (SSSR count). The van der Waals surface area contributed by atoms with Gasteiger partial charge in [0, 0.05) is 6.54 Å². The molecule has 0 amide bonds. The van der Waals surface area contributed by atoms with Crippen LogP contribution < -0.4 is 5.73 Å². The first-order valence-corrected chi connectivity index (χ1v) is 6.91. The van der Waals surface area contributed by atoms with Gasteiger partial charge in [0.15, 0.2) is 0 Å². The maximum atomic E-state index is 6.18. The lowest BCUT2D eigenvalue weighted by Crippen LogP contribution is -2.51. The van der Waals surface area contributed by atoms with E-state index in [1.807, 2.05) is 0 Å². The summed E-state index contributed by atoms with van der Waals surface area (Å²) >= 11 is 0. The summed E-state index contributed by atoms with van der Waals surface area (Å²) in [6, 6.07) is 0. The SMILES string of the molecule is CC(C)(C)C1CCC(CN)(OC2COC2)CC1. The molecule has 0 atom stereocenters. The van der Waals surface area contributed by atoms with Crippen LogP contribution in [-0.4, -0.2) is 31.5 Å². The molecule has 1 heterocycles. The van der Waals surface area contributed by atoms with E-state index in [2.05, 4.69) is 20.8 Å². The molecule has 0 radical (unpaired) electrons. The van der Waals surface area contributed by atoms with Gasteiger partial charge in [-0.2, -0.15) is 0 Å². The van der Waals surface area contributed by atoms with Crippen LogP contribution in [0.25, 0.3) is 0 Å². The van der Waals surface area contributed by atoms with Gasteiger partial charge in [0.2, 0.25) is 0 Å². The Morgan fingerprint density at radius 1 is 1.24 bits per heavy atom. The predicted octanol–water partition coefficient (Wildman–Crippen LogP) is 2.34. The van der Waals surface area contributed by atoms with Crippen LogP contribution in [-0.2, 0) is 9.47 Å².